The second-order valence-corrected chi connectivity index (χ2v) is 8.10. The monoisotopic (exact) mass is 445 g/mol. The van der Waals surface area contributed by atoms with Crippen LogP contribution in [0.25, 0.3) is 0 Å². The summed E-state index contributed by atoms with van der Waals surface area (Å²) < 4.78 is 5.29. The summed E-state index contributed by atoms with van der Waals surface area (Å²) in [6.45, 7) is 6.34. The first-order chi connectivity index (χ1) is 14.3. The molecule has 2 aromatic carbocycles. The Morgan fingerprint density at radius 1 is 1.07 bits per heavy atom. The van der Waals surface area contributed by atoms with Crippen molar-refractivity contribution >= 4 is 46.4 Å². The van der Waals surface area contributed by atoms with Crippen LogP contribution < -0.4 is 10.6 Å². The molecule has 1 saturated heterocycles. The first-order valence-electron chi connectivity index (χ1n) is 9.74. The van der Waals surface area contributed by atoms with Crippen molar-refractivity contribution < 1.29 is 14.3 Å². The Hall–Kier alpha value is -2.48. The number of halogens is 1. The van der Waals surface area contributed by atoms with Gasteiger partial charge >= 0.3 is 0 Å². The third kappa shape index (κ3) is 5.56. The largest absolute Gasteiger partial charge is 0.378 e. The molecule has 0 radical (unpaired) electrons. The topological polar surface area (TPSA) is 70.7 Å². The molecule has 1 aliphatic rings. The van der Waals surface area contributed by atoms with Crippen LogP contribution in [0.5, 0.6) is 0 Å². The minimum absolute atomic E-state index is 0.0989. The lowest BCUT2D eigenvalue weighted by Gasteiger charge is -2.27. The number of amides is 2. The van der Waals surface area contributed by atoms with E-state index in [2.05, 4.69) is 24.5 Å². The van der Waals surface area contributed by atoms with E-state index in [0.29, 0.717) is 54.1 Å². The summed E-state index contributed by atoms with van der Waals surface area (Å²) >= 11 is 11.5. The highest BCUT2D eigenvalue weighted by molar-refractivity contribution is 7.80. The lowest BCUT2D eigenvalue weighted by molar-refractivity contribution is 0.0303. The maximum Gasteiger partial charge on any atom is 0.257 e. The highest BCUT2D eigenvalue weighted by atomic mass is 35.5. The standard InChI is InChI=1S/C22H24ClN3O3S/c1-14(2)15-3-5-16(6-4-15)20(27)25-22(30)24-19-13-17(7-8-18(19)23)21(28)26-9-11-29-12-10-26/h3-8,13-14H,9-12H2,1-2H3,(H2,24,25,27,30). The van der Waals surface area contributed by atoms with Crippen molar-refractivity contribution in [3.63, 3.8) is 0 Å². The summed E-state index contributed by atoms with van der Waals surface area (Å²) in [6.07, 6.45) is 0. The van der Waals surface area contributed by atoms with Crippen LogP contribution in [0.15, 0.2) is 42.5 Å². The lowest BCUT2D eigenvalue weighted by atomic mass is 10.0. The first kappa shape index (κ1) is 22.2. The molecule has 6 nitrogen and oxygen atoms in total. The zero-order valence-electron chi connectivity index (χ0n) is 16.9. The van der Waals surface area contributed by atoms with Gasteiger partial charge in [-0.1, -0.05) is 37.6 Å². The molecule has 8 heteroatoms. The maximum atomic E-state index is 12.7. The average Bonchev–Trinajstić information content (AvgIpc) is 2.75. The molecule has 2 aromatic rings. The molecule has 0 saturated carbocycles. The fraction of sp³-hybridized carbons (Fsp3) is 0.318. The molecule has 0 aromatic heterocycles. The number of ether oxygens (including phenoxy) is 1. The second-order valence-electron chi connectivity index (χ2n) is 7.28. The molecule has 30 heavy (non-hydrogen) atoms. The fourth-order valence-corrected chi connectivity index (χ4v) is 3.42. The van der Waals surface area contributed by atoms with Crippen LogP contribution in [0.4, 0.5) is 5.69 Å². The van der Waals surface area contributed by atoms with Gasteiger partial charge in [-0.15, -0.1) is 0 Å². The number of thiocarbonyl (C=S) groups is 1. The van der Waals surface area contributed by atoms with Gasteiger partial charge in [-0.05, 0) is 54.0 Å². The highest BCUT2D eigenvalue weighted by Gasteiger charge is 2.19. The number of rotatable bonds is 4. The van der Waals surface area contributed by atoms with E-state index < -0.39 is 0 Å². The lowest BCUT2D eigenvalue weighted by Crippen LogP contribution is -2.40. The molecule has 158 valence electrons. The Kier molecular flexibility index (Phi) is 7.42. The smallest absolute Gasteiger partial charge is 0.257 e. The summed E-state index contributed by atoms with van der Waals surface area (Å²) in [5.74, 6) is -0.0304. The predicted octanol–water partition coefficient (Wildman–Crippen LogP) is 4.06. The molecule has 2 amide bonds. The zero-order chi connectivity index (χ0) is 21.7. The number of hydrogen-bond acceptors (Lipinski definition) is 4. The first-order valence-corrected chi connectivity index (χ1v) is 10.5. The minimum atomic E-state index is -0.320. The number of hydrogen-bond donors (Lipinski definition) is 2. The zero-order valence-corrected chi connectivity index (χ0v) is 18.5. The van der Waals surface area contributed by atoms with Gasteiger partial charge < -0.3 is 15.0 Å². The van der Waals surface area contributed by atoms with Gasteiger partial charge in [0.1, 0.15) is 0 Å². The minimum Gasteiger partial charge on any atom is -0.378 e. The molecule has 0 spiro atoms. The number of carbonyl (C=O) groups excluding carboxylic acids is 2. The van der Waals surface area contributed by atoms with Gasteiger partial charge in [0.15, 0.2) is 5.11 Å². The molecular weight excluding hydrogens is 422 g/mol. The number of anilines is 1. The van der Waals surface area contributed by atoms with E-state index in [1.807, 2.05) is 12.1 Å². The van der Waals surface area contributed by atoms with Crippen molar-refractivity contribution in [1.29, 1.82) is 0 Å². The van der Waals surface area contributed by atoms with Crippen LogP contribution in [0, 0.1) is 0 Å². The van der Waals surface area contributed by atoms with E-state index in [-0.39, 0.29) is 16.9 Å². The molecule has 1 heterocycles. The van der Waals surface area contributed by atoms with E-state index in [0.717, 1.165) is 5.56 Å². The molecule has 0 atom stereocenters. The van der Waals surface area contributed by atoms with Crippen molar-refractivity contribution in [2.24, 2.45) is 0 Å². The molecule has 0 aliphatic carbocycles. The summed E-state index contributed by atoms with van der Waals surface area (Å²) in [6, 6.07) is 12.3. The highest BCUT2D eigenvalue weighted by Crippen LogP contribution is 2.24. The number of benzene rings is 2. The van der Waals surface area contributed by atoms with Crippen LogP contribution in [0.1, 0.15) is 46.0 Å². The van der Waals surface area contributed by atoms with Crippen LogP contribution in [-0.2, 0) is 4.74 Å². The maximum absolute atomic E-state index is 12.7. The Bertz CT molecular complexity index is 941. The summed E-state index contributed by atoms with van der Waals surface area (Å²) in [4.78, 5) is 26.9. The van der Waals surface area contributed by atoms with Gasteiger partial charge in [-0.2, -0.15) is 0 Å². The molecular formula is C22H24ClN3O3S. The number of nitrogens with one attached hydrogen (secondary N) is 2. The van der Waals surface area contributed by atoms with Gasteiger partial charge in [0, 0.05) is 24.2 Å². The predicted molar refractivity (Wildman–Crippen MR) is 122 cm³/mol. The van der Waals surface area contributed by atoms with E-state index in [1.54, 1.807) is 35.2 Å². The van der Waals surface area contributed by atoms with Crippen LogP contribution in [0.3, 0.4) is 0 Å². The van der Waals surface area contributed by atoms with Crippen molar-refractivity contribution in [3.8, 4) is 0 Å². The van der Waals surface area contributed by atoms with E-state index in [4.69, 9.17) is 28.6 Å². The summed E-state index contributed by atoms with van der Waals surface area (Å²) in [7, 11) is 0. The quantitative estimate of drug-likeness (QED) is 0.694. The number of carbonyl (C=O) groups is 2. The van der Waals surface area contributed by atoms with Crippen molar-refractivity contribution in [2.75, 3.05) is 31.6 Å². The van der Waals surface area contributed by atoms with Crippen LogP contribution in [0.2, 0.25) is 5.02 Å². The summed E-state index contributed by atoms with van der Waals surface area (Å²) in [5, 5.41) is 6.05. The second kappa shape index (κ2) is 10.0. The van der Waals surface area contributed by atoms with Gasteiger partial charge in [0.25, 0.3) is 11.8 Å². The van der Waals surface area contributed by atoms with Crippen LogP contribution in [-0.4, -0.2) is 48.1 Å². The number of morpholine rings is 1. The molecule has 1 aliphatic heterocycles. The Morgan fingerprint density at radius 2 is 1.70 bits per heavy atom. The average molecular weight is 446 g/mol. The van der Waals surface area contributed by atoms with Crippen LogP contribution >= 0.6 is 23.8 Å². The fourth-order valence-electron chi connectivity index (χ4n) is 3.05. The van der Waals surface area contributed by atoms with Crippen molar-refractivity contribution in [2.45, 2.75) is 19.8 Å². The third-order valence-electron chi connectivity index (χ3n) is 4.83. The number of nitrogens with zero attached hydrogens (tertiary/aromatic N) is 1. The van der Waals surface area contributed by atoms with Gasteiger partial charge in [-0.3, -0.25) is 14.9 Å². The summed E-state index contributed by atoms with van der Waals surface area (Å²) in [5.41, 5.74) is 2.60. The van der Waals surface area contributed by atoms with E-state index in [9.17, 15) is 9.59 Å². The Balaban J connectivity index is 1.65. The normalized spacial score (nSPS) is 13.8. The third-order valence-corrected chi connectivity index (χ3v) is 5.36. The molecule has 2 N–H and O–H groups in total. The molecule has 1 fully saturated rings. The Labute approximate surface area is 186 Å². The Morgan fingerprint density at radius 3 is 2.33 bits per heavy atom. The van der Waals surface area contributed by atoms with E-state index in [1.165, 1.54) is 0 Å². The van der Waals surface area contributed by atoms with Crippen molar-refractivity contribution in [1.82, 2.24) is 10.2 Å². The van der Waals surface area contributed by atoms with Crippen molar-refractivity contribution in [3.05, 3.63) is 64.2 Å². The molecule has 3 rings (SSSR count). The SMILES string of the molecule is CC(C)c1ccc(C(=O)NC(=S)Nc2cc(C(=O)N3CCOCC3)ccc2Cl)cc1. The molecule has 0 bridgehead atoms. The van der Waals surface area contributed by atoms with Gasteiger partial charge in [0.2, 0.25) is 0 Å². The molecule has 0 unspecified atom stereocenters. The van der Waals surface area contributed by atoms with E-state index >= 15 is 0 Å². The van der Waals surface area contributed by atoms with Gasteiger partial charge in [-0.25, -0.2) is 0 Å². The van der Waals surface area contributed by atoms with Gasteiger partial charge in [0.05, 0.1) is 23.9 Å².